The van der Waals surface area contributed by atoms with Crippen molar-refractivity contribution in [3.63, 3.8) is 0 Å². The Morgan fingerprint density at radius 2 is 2.06 bits per heavy atom. The first kappa shape index (κ1) is 11.1. The number of hydrogen-bond donors (Lipinski definition) is 1. The largest absolute Gasteiger partial charge is 0.352 e. The van der Waals surface area contributed by atoms with Gasteiger partial charge in [0.1, 0.15) is 0 Å². The number of nitrogens with one attached hydrogen (secondary N) is 1. The smallest absolute Gasteiger partial charge is 0.203 e. The summed E-state index contributed by atoms with van der Waals surface area (Å²) in [5, 5.41) is 3.71. The van der Waals surface area contributed by atoms with Gasteiger partial charge in [0.25, 0.3) is 0 Å². The van der Waals surface area contributed by atoms with E-state index in [0.29, 0.717) is 6.04 Å². The molecule has 1 heterocycles. The summed E-state index contributed by atoms with van der Waals surface area (Å²) < 4.78 is 2.28. The second-order valence-corrected chi connectivity index (χ2v) is 5.64. The SMILES string of the molecule is CCCCn1ccnc1NC(C1CC1)C1CC1. The van der Waals surface area contributed by atoms with Crippen LogP contribution < -0.4 is 5.32 Å². The number of anilines is 1. The highest BCUT2D eigenvalue weighted by Crippen LogP contribution is 2.45. The average Bonchev–Trinajstić information content (AvgIpc) is 3.23. The van der Waals surface area contributed by atoms with Crippen LogP contribution in [-0.4, -0.2) is 15.6 Å². The van der Waals surface area contributed by atoms with Crippen LogP contribution in [0.4, 0.5) is 5.95 Å². The average molecular weight is 233 g/mol. The molecule has 2 aliphatic rings. The molecular weight excluding hydrogens is 210 g/mol. The first-order valence-corrected chi connectivity index (χ1v) is 7.16. The van der Waals surface area contributed by atoms with Crippen LogP contribution in [0.3, 0.4) is 0 Å². The van der Waals surface area contributed by atoms with Crippen molar-refractivity contribution in [2.24, 2.45) is 11.8 Å². The van der Waals surface area contributed by atoms with E-state index in [0.717, 1.165) is 24.3 Å². The number of aryl methyl sites for hydroxylation is 1. The fourth-order valence-corrected chi connectivity index (χ4v) is 2.64. The number of hydrogen-bond acceptors (Lipinski definition) is 2. The predicted octanol–water partition coefficient (Wildman–Crippen LogP) is 3.28. The molecule has 3 rings (SSSR count). The van der Waals surface area contributed by atoms with Crippen molar-refractivity contribution >= 4 is 5.95 Å². The van der Waals surface area contributed by atoms with Crippen molar-refractivity contribution in [3.05, 3.63) is 12.4 Å². The molecule has 0 amide bonds. The van der Waals surface area contributed by atoms with Crippen LogP contribution in [0.15, 0.2) is 12.4 Å². The molecule has 1 aromatic heterocycles. The maximum atomic E-state index is 4.48. The highest BCUT2D eigenvalue weighted by Gasteiger charge is 2.41. The van der Waals surface area contributed by atoms with Gasteiger partial charge in [-0.05, 0) is 43.9 Å². The molecule has 0 bridgehead atoms. The van der Waals surface area contributed by atoms with E-state index in [1.54, 1.807) is 0 Å². The minimum atomic E-state index is 0.706. The van der Waals surface area contributed by atoms with Crippen molar-refractivity contribution in [3.8, 4) is 0 Å². The molecule has 0 unspecified atom stereocenters. The molecule has 17 heavy (non-hydrogen) atoms. The van der Waals surface area contributed by atoms with Gasteiger partial charge in [-0.15, -0.1) is 0 Å². The van der Waals surface area contributed by atoms with E-state index in [4.69, 9.17) is 0 Å². The predicted molar refractivity (Wildman–Crippen MR) is 70.0 cm³/mol. The van der Waals surface area contributed by atoms with Crippen molar-refractivity contribution in [2.75, 3.05) is 5.32 Å². The van der Waals surface area contributed by atoms with Crippen LogP contribution in [0.5, 0.6) is 0 Å². The lowest BCUT2D eigenvalue weighted by atomic mass is 10.1. The third-order valence-electron chi connectivity index (χ3n) is 4.02. The molecule has 1 aromatic rings. The molecular formula is C14H23N3. The lowest BCUT2D eigenvalue weighted by molar-refractivity contribution is 0.551. The summed E-state index contributed by atoms with van der Waals surface area (Å²) in [5.41, 5.74) is 0. The molecule has 0 radical (unpaired) electrons. The monoisotopic (exact) mass is 233 g/mol. The molecule has 3 nitrogen and oxygen atoms in total. The molecule has 0 spiro atoms. The molecule has 94 valence electrons. The standard InChI is InChI=1S/C14H23N3/c1-2-3-9-17-10-8-15-14(17)16-13(11-4-5-11)12-6-7-12/h8,10-13H,2-7,9H2,1H3,(H,15,16). The molecule has 0 atom stereocenters. The summed E-state index contributed by atoms with van der Waals surface area (Å²) in [6, 6.07) is 0.706. The number of imidazole rings is 1. The highest BCUT2D eigenvalue weighted by molar-refractivity contribution is 5.30. The maximum absolute atomic E-state index is 4.48. The zero-order valence-corrected chi connectivity index (χ0v) is 10.7. The Bertz CT molecular complexity index is 351. The van der Waals surface area contributed by atoms with E-state index in [9.17, 15) is 0 Å². The number of aromatic nitrogens is 2. The van der Waals surface area contributed by atoms with Crippen LogP contribution in [0, 0.1) is 11.8 Å². The van der Waals surface area contributed by atoms with Gasteiger partial charge in [-0.1, -0.05) is 13.3 Å². The molecule has 2 aliphatic carbocycles. The third kappa shape index (κ3) is 2.64. The first-order chi connectivity index (χ1) is 8.38. The fourth-order valence-electron chi connectivity index (χ4n) is 2.64. The summed E-state index contributed by atoms with van der Waals surface area (Å²) in [6.45, 7) is 3.34. The Hall–Kier alpha value is -0.990. The molecule has 0 aliphatic heterocycles. The van der Waals surface area contributed by atoms with E-state index < -0.39 is 0 Å². The summed E-state index contributed by atoms with van der Waals surface area (Å²) in [6.07, 6.45) is 12.2. The number of nitrogens with zero attached hydrogens (tertiary/aromatic N) is 2. The minimum absolute atomic E-state index is 0.706. The third-order valence-corrected chi connectivity index (χ3v) is 4.02. The normalized spacial score (nSPS) is 19.9. The van der Waals surface area contributed by atoms with Crippen LogP contribution in [0.2, 0.25) is 0 Å². The maximum Gasteiger partial charge on any atom is 0.203 e. The molecule has 0 aromatic carbocycles. The number of unbranched alkanes of at least 4 members (excludes halogenated alkanes) is 1. The van der Waals surface area contributed by atoms with Crippen LogP contribution in [0.25, 0.3) is 0 Å². The van der Waals surface area contributed by atoms with Crippen LogP contribution >= 0.6 is 0 Å². The van der Waals surface area contributed by atoms with E-state index in [-0.39, 0.29) is 0 Å². The van der Waals surface area contributed by atoms with Crippen molar-refractivity contribution in [1.82, 2.24) is 9.55 Å². The van der Waals surface area contributed by atoms with Gasteiger partial charge in [-0.25, -0.2) is 4.98 Å². The summed E-state index contributed by atoms with van der Waals surface area (Å²) >= 11 is 0. The summed E-state index contributed by atoms with van der Waals surface area (Å²) in [4.78, 5) is 4.48. The summed E-state index contributed by atoms with van der Waals surface area (Å²) in [5.74, 6) is 2.96. The zero-order chi connectivity index (χ0) is 11.7. The van der Waals surface area contributed by atoms with Gasteiger partial charge < -0.3 is 9.88 Å². The molecule has 3 heteroatoms. The van der Waals surface area contributed by atoms with E-state index in [1.165, 1.54) is 38.5 Å². The van der Waals surface area contributed by atoms with E-state index in [2.05, 4.69) is 28.0 Å². The van der Waals surface area contributed by atoms with E-state index >= 15 is 0 Å². The van der Waals surface area contributed by atoms with Gasteiger partial charge in [0.05, 0.1) is 0 Å². The second-order valence-electron chi connectivity index (χ2n) is 5.64. The van der Waals surface area contributed by atoms with Crippen molar-refractivity contribution in [2.45, 2.75) is 58.0 Å². The zero-order valence-electron chi connectivity index (χ0n) is 10.7. The van der Waals surface area contributed by atoms with E-state index in [1.807, 2.05) is 6.20 Å². The van der Waals surface area contributed by atoms with Gasteiger partial charge in [-0.2, -0.15) is 0 Å². The van der Waals surface area contributed by atoms with Gasteiger partial charge in [0.15, 0.2) is 0 Å². The van der Waals surface area contributed by atoms with Gasteiger partial charge in [-0.3, -0.25) is 0 Å². The topological polar surface area (TPSA) is 29.9 Å². The Morgan fingerprint density at radius 1 is 1.35 bits per heavy atom. The quantitative estimate of drug-likeness (QED) is 0.783. The Labute approximate surface area is 104 Å². The van der Waals surface area contributed by atoms with Crippen LogP contribution in [-0.2, 0) is 6.54 Å². The second kappa shape index (κ2) is 4.71. The molecule has 0 saturated heterocycles. The van der Waals surface area contributed by atoms with Gasteiger partial charge in [0, 0.05) is 25.0 Å². The molecule has 1 N–H and O–H groups in total. The lowest BCUT2D eigenvalue weighted by Gasteiger charge is -2.19. The summed E-state index contributed by atoms with van der Waals surface area (Å²) in [7, 11) is 0. The van der Waals surface area contributed by atoms with Gasteiger partial charge >= 0.3 is 0 Å². The Kier molecular flexibility index (Phi) is 3.08. The number of rotatable bonds is 7. The molecule has 2 fully saturated rings. The van der Waals surface area contributed by atoms with Crippen molar-refractivity contribution < 1.29 is 0 Å². The Morgan fingerprint density at radius 3 is 2.65 bits per heavy atom. The fraction of sp³-hybridized carbons (Fsp3) is 0.786. The Balaban J connectivity index is 1.64. The minimum Gasteiger partial charge on any atom is -0.352 e. The van der Waals surface area contributed by atoms with Crippen LogP contribution in [0.1, 0.15) is 45.4 Å². The van der Waals surface area contributed by atoms with Crippen molar-refractivity contribution in [1.29, 1.82) is 0 Å². The lowest BCUT2D eigenvalue weighted by Crippen LogP contribution is -2.26. The highest BCUT2D eigenvalue weighted by atomic mass is 15.2. The van der Waals surface area contributed by atoms with Gasteiger partial charge in [0.2, 0.25) is 5.95 Å². The molecule has 2 saturated carbocycles. The first-order valence-electron chi connectivity index (χ1n) is 7.16.